The number of hydrogen-bond acceptors (Lipinski definition) is 6. The first-order chi connectivity index (χ1) is 18.6. The lowest BCUT2D eigenvalue weighted by molar-refractivity contribution is -0.870. The Hall–Kier alpha value is -0.760. The third-order valence-corrected chi connectivity index (χ3v) is 7.31. The van der Waals surface area contributed by atoms with Crippen molar-refractivity contribution in [3.63, 3.8) is 0 Å². The number of phosphoric ester groups is 1. The summed E-state index contributed by atoms with van der Waals surface area (Å²) in [7, 11) is 1.66. The van der Waals surface area contributed by atoms with Gasteiger partial charge in [0, 0.05) is 13.0 Å². The first-order valence-corrected chi connectivity index (χ1v) is 16.9. The molecule has 0 rings (SSSR count). The summed E-state index contributed by atoms with van der Waals surface area (Å²) in [6.07, 6.45) is 21.4. The second-order valence-electron chi connectivity index (χ2n) is 11.5. The molecule has 0 aromatic carbocycles. The second kappa shape index (κ2) is 25.0. The number of allylic oxidation sites excluding steroid dienone is 2. The van der Waals surface area contributed by atoms with E-state index in [0.29, 0.717) is 24.1 Å². The predicted molar refractivity (Wildman–Crippen MR) is 160 cm³/mol. The molecule has 0 aromatic rings. The van der Waals surface area contributed by atoms with Gasteiger partial charge in [0.1, 0.15) is 19.3 Å². The molecule has 0 aliphatic rings. The van der Waals surface area contributed by atoms with E-state index in [0.717, 1.165) is 38.5 Å². The molecule has 0 radical (unpaired) electrons. The molecule has 2 atom stereocenters. The summed E-state index contributed by atoms with van der Waals surface area (Å²) in [6.45, 7) is 5.44. The number of carbonyl (C=O) groups is 1. The maximum atomic E-state index is 12.3. The topological polar surface area (TPSA) is 91.3 Å². The number of hydrogen-bond donors (Lipinski definition) is 1. The molecule has 1 N–H and O–H groups in total. The highest BCUT2D eigenvalue weighted by Gasteiger charge is 2.26. The van der Waals surface area contributed by atoms with Crippen molar-refractivity contribution >= 4 is 13.8 Å². The van der Waals surface area contributed by atoms with E-state index < -0.39 is 13.9 Å². The Kier molecular flexibility index (Phi) is 24.5. The molecule has 0 fully saturated rings. The number of unbranched alkanes of at least 4 members (excludes halogenated alkanes) is 12. The van der Waals surface area contributed by atoms with Gasteiger partial charge in [0.05, 0.1) is 34.4 Å². The van der Waals surface area contributed by atoms with Gasteiger partial charge >= 0.3 is 13.8 Å². The Morgan fingerprint density at radius 1 is 0.769 bits per heavy atom. The van der Waals surface area contributed by atoms with Gasteiger partial charge in [0.25, 0.3) is 0 Å². The molecule has 39 heavy (non-hydrogen) atoms. The van der Waals surface area contributed by atoms with Crippen molar-refractivity contribution in [3.05, 3.63) is 12.2 Å². The van der Waals surface area contributed by atoms with Crippen molar-refractivity contribution in [1.29, 1.82) is 0 Å². The molecule has 0 bridgehead atoms. The van der Waals surface area contributed by atoms with Crippen molar-refractivity contribution in [2.75, 3.05) is 54.1 Å². The van der Waals surface area contributed by atoms with Gasteiger partial charge < -0.3 is 18.9 Å². The van der Waals surface area contributed by atoms with Gasteiger partial charge in [-0.2, -0.15) is 0 Å². The second-order valence-corrected chi connectivity index (χ2v) is 12.9. The number of nitrogens with zero attached hydrogens (tertiary/aromatic N) is 1. The van der Waals surface area contributed by atoms with Crippen molar-refractivity contribution in [2.45, 2.75) is 123 Å². The summed E-state index contributed by atoms with van der Waals surface area (Å²) in [6, 6.07) is 0. The average molecular weight is 579 g/mol. The number of ether oxygens (including phenoxy) is 2. The van der Waals surface area contributed by atoms with Crippen LogP contribution >= 0.6 is 7.82 Å². The van der Waals surface area contributed by atoms with Crippen molar-refractivity contribution in [1.82, 2.24) is 0 Å². The Bertz CT molecular complexity index is 652. The Morgan fingerprint density at radius 3 is 1.97 bits per heavy atom. The van der Waals surface area contributed by atoms with Crippen LogP contribution < -0.4 is 0 Å². The van der Waals surface area contributed by atoms with Crippen LogP contribution in [0.4, 0.5) is 0 Å². The van der Waals surface area contributed by atoms with Crippen LogP contribution in [0.15, 0.2) is 12.2 Å². The number of likely N-dealkylation sites (N-methyl/N-ethyl adjacent to an activating group) is 1. The third-order valence-electron chi connectivity index (χ3n) is 6.33. The maximum absolute atomic E-state index is 12.3. The molecule has 0 saturated heterocycles. The average Bonchev–Trinajstić information content (AvgIpc) is 2.86. The highest BCUT2D eigenvalue weighted by molar-refractivity contribution is 7.47. The molecule has 0 aliphatic carbocycles. The first kappa shape index (κ1) is 38.2. The van der Waals surface area contributed by atoms with E-state index in [9.17, 15) is 14.3 Å². The summed E-state index contributed by atoms with van der Waals surface area (Å²) in [5, 5.41) is 0. The highest BCUT2D eigenvalue weighted by Crippen LogP contribution is 2.43. The number of esters is 1. The molecule has 2 unspecified atom stereocenters. The Labute approximate surface area is 240 Å². The van der Waals surface area contributed by atoms with Gasteiger partial charge in [-0.3, -0.25) is 13.8 Å². The number of carbonyl (C=O) groups excluding carboxylic acids is 1. The van der Waals surface area contributed by atoms with Crippen LogP contribution in [-0.4, -0.2) is 75.6 Å². The molecule has 9 heteroatoms. The van der Waals surface area contributed by atoms with E-state index in [1.165, 1.54) is 57.8 Å². The summed E-state index contributed by atoms with van der Waals surface area (Å²) in [5.41, 5.74) is 0. The van der Waals surface area contributed by atoms with Gasteiger partial charge in [0.2, 0.25) is 0 Å². The lowest BCUT2D eigenvalue weighted by atomic mass is 10.1. The van der Waals surface area contributed by atoms with Crippen LogP contribution in [0, 0.1) is 0 Å². The fraction of sp³-hybridized carbons (Fsp3) is 0.900. The largest absolute Gasteiger partial charge is 0.472 e. The molecule has 0 aromatic heterocycles. The van der Waals surface area contributed by atoms with E-state index in [4.69, 9.17) is 18.5 Å². The molecule has 0 aliphatic heterocycles. The monoisotopic (exact) mass is 578 g/mol. The molecular weight excluding hydrogens is 517 g/mol. The zero-order chi connectivity index (χ0) is 29.2. The van der Waals surface area contributed by atoms with E-state index >= 15 is 0 Å². The van der Waals surface area contributed by atoms with Gasteiger partial charge in [-0.25, -0.2) is 4.57 Å². The molecule has 0 amide bonds. The fourth-order valence-electron chi connectivity index (χ4n) is 3.84. The minimum Gasteiger partial charge on any atom is -0.457 e. The minimum absolute atomic E-state index is 0.0887. The smallest absolute Gasteiger partial charge is 0.457 e. The van der Waals surface area contributed by atoms with E-state index in [-0.39, 0.29) is 25.8 Å². The zero-order valence-electron chi connectivity index (χ0n) is 25.9. The Morgan fingerprint density at radius 2 is 1.33 bits per heavy atom. The first-order valence-electron chi connectivity index (χ1n) is 15.4. The SMILES string of the molecule is CCCCC/C=C\CCCCCCCCOCC(COP(=O)(O)OCC[N+](C)(C)C)OC(=O)CCCCCC. The van der Waals surface area contributed by atoms with Crippen LogP contribution in [0.25, 0.3) is 0 Å². The van der Waals surface area contributed by atoms with E-state index in [1.54, 1.807) is 0 Å². The number of phosphoric acid groups is 1. The zero-order valence-corrected chi connectivity index (χ0v) is 26.8. The Balaban J connectivity index is 4.23. The van der Waals surface area contributed by atoms with Crippen LogP contribution in [0.5, 0.6) is 0 Å². The quantitative estimate of drug-likeness (QED) is 0.0336. The summed E-state index contributed by atoms with van der Waals surface area (Å²) >= 11 is 0. The normalized spacial score (nSPS) is 14.5. The standard InChI is InChI=1S/C30H60NO7P/c1-6-8-10-12-13-14-15-16-17-18-19-20-22-25-35-27-29(38-30(32)23-21-11-9-7-2)28-37-39(33,34)36-26-24-31(3,4)5/h13-14,29H,6-12,15-28H2,1-5H3/p+1/b14-13-. The molecule has 0 saturated carbocycles. The van der Waals surface area contributed by atoms with Gasteiger partial charge in [-0.1, -0.05) is 83.8 Å². The molecule has 0 spiro atoms. The van der Waals surface area contributed by atoms with E-state index in [1.807, 2.05) is 21.1 Å². The molecule has 8 nitrogen and oxygen atoms in total. The van der Waals surface area contributed by atoms with Crippen LogP contribution in [0.3, 0.4) is 0 Å². The fourth-order valence-corrected chi connectivity index (χ4v) is 4.58. The molecular formula is C30H61NO7P+. The maximum Gasteiger partial charge on any atom is 0.472 e. The number of quaternary nitrogens is 1. The van der Waals surface area contributed by atoms with Crippen LogP contribution in [-0.2, 0) is 27.9 Å². The summed E-state index contributed by atoms with van der Waals surface area (Å²) in [5.74, 6) is -0.335. The number of rotatable bonds is 28. The van der Waals surface area contributed by atoms with Crippen LogP contribution in [0.2, 0.25) is 0 Å². The third kappa shape index (κ3) is 28.6. The lowest BCUT2D eigenvalue weighted by Crippen LogP contribution is -2.37. The lowest BCUT2D eigenvalue weighted by Gasteiger charge is -2.24. The van der Waals surface area contributed by atoms with Crippen molar-refractivity contribution in [2.24, 2.45) is 0 Å². The molecule has 232 valence electrons. The van der Waals surface area contributed by atoms with Crippen molar-refractivity contribution in [3.8, 4) is 0 Å². The van der Waals surface area contributed by atoms with Gasteiger partial charge in [-0.05, 0) is 38.5 Å². The highest BCUT2D eigenvalue weighted by atomic mass is 31.2. The van der Waals surface area contributed by atoms with Crippen molar-refractivity contribution < 1.29 is 37.3 Å². The van der Waals surface area contributed by atoms with E-state index in [2.05, 4.69) is 26.0 Å². The van der Waals surface area contributed by atoms with Crippen LogP contribution in [0.1, 0.15) is 117 Å². The summed E-state index contributed by atoms with van der Waals surface area (Å²) in [4.78, 5) is 22.3. The molecule has 0 heterocycles. The summed E-state index contributed by atoms with van der Waals surface area (Å²) < 4.78 is 34.4. The predicted octanol–water partition coefficient (Wildman–Crippen LogP) is 7.59. The minimum atomic E-state index is -4.24. The van der Waals surface area contributed by atoms with Gasteiger partial charge in [-0.15, -0.1) is 0 Å². The van der Waals surface area contributed by atoms with Gasteiger partial charge in [0.15, 0.2) is 0 Å².